The molecule has 1 aliphatic carbocycles. The van der Waals surface area contributed by atoms with Crippen LogP contribution in [0, 0.1) is 5.92 Å². The monoisotopic (exact) mass is 388 g/mol. The number of amides is 1. The van der Waals surface area contributed by atoms with Gasteiger partial charge in [-0.15, -0.1) is 0 Å². The molecule has 0 radical (unpaired) electrons. The maximum Gasteiger partial charge on any atom is 0.408 e. The molecule has 1 aliphatic heterocycles. The standard InChI is InChI=1S/C21H28N2O5/c24-19(17-12-7-13-22-17)28-20(25)18(16-10-5-2-6-11-16)23-21(26)27-14-15-8-3-1-4-9-15/h1,3-4,8-9,16-18,22H,2,5-7,10-14H2,(H,23,26)/t17-,18?/m0/s1. The van der Waals surface area contributed by atoms with Crippen LogP contribution in [0.5, 0.6) is 0 Å². The maximum absolute atomic E-state index is 12.7. The second-order valence-corrected chi connectivity index (χ2v) is 7.47. The SMILES string of the molecule is O=C(NC(C(=O)OC(=O)[C@@H]1CCCN1)C1CCCCC1)OCc1ccccc1. The van der Waals surface area contributed by atoms with E-state index in [-0.39, 0.29) is 12.5 Å². The molecule has 0 aromatic heterocycles. The molecule has 152 valence electrons. The normalized spacial score (nSPS) is 20.9. The maximum atomic E-state index is 12.7. The lowest BCUT2D eigenvalue weighted by Gasteiger charge is -2.29. The fourth-order valence-corrected chi connectivity index (χ4v) is 3.85. The van der Waals surface area contributed by atoms with Crippen molar-refractivity contribution in [1.82, 2.24) is 10.6 Å². The highest BCUT2D eigenvalue weighted by atomic mass is 16.6. The average Bonchev–Trinajstić information content (AvgIpc) is 3.27. The number of ether oxygens (including phenoxy) is 2. The molecule has 7 nitrogen and oxygen atoms in total. The van der Waals surface area contributed by atoms with Crippen molar-refractivity contribution in [3.05, 3.63) is 35.9 Å². The average molecular weight is 388 g/mol. The summed E-state index contributed by atoms with van der Waals surface area (Å²) in [5.41, 5.74) is 0.858. The van der Waals surface area contributed by atoms with Gasteiger partial charge in [-0.05, 0) is 43.7 Å². The van der Waals surface area contributed by atoms with Crippen LogP contribution >= 0.6 is 0 Å². The minimum absolute atomic E-state index is 0.0464. The molecule has 2 N–H and O–H groups in total. The lowest BCUT2D eigenvalue weighted by Crippen LogP contribution is -2.49. The summed E-state index contributed by atoms with van der Waals surface area (Å²) in [6.45, 7) is 0.855. The fourth-order valence-electron chi connectivity index (χ4n) is 3.85. The smallest absolute Gasteiger partial charge is 0.408 e. The van der Waals surface area contributed by atoms with Gasteiger partial charge in [-0.25, -0.2) is 14.4 Å². The molecule has 1 amide bonds. The zero-order valence-corrected chi connectivity index (χ0v) is 16.0. The van der Waals surface area contributed by atoms with Gasteiger partial charge in [0.25, 0.3) is 0 Å². The van der Waals surface area contributed by atoms with Gasteiger partial charge in [0.2, 0.25) is 0 Å². The first kappa shape index (κ1) is 20.3. The van der Waals surface area contributed by atoms with Crippen LogP contribution < -0.4 is 10.6 Å². The van der Waals surface area contributed by atoms with Gasteiger partial charge in [-0.3, -0.25) is 0 Å². The number of hydrogen-bond donors (Lipinski definition) is 2. The van der Waals surface area contributed by atoms with Crippen molar-refractivity contribution < 1.29 is 23.9 Å². The molecule has 0 bridgehead atoms. The number of carbonyl (C=O) groups excluding carboxylic acids is 3. The molecular weight excluding hydrogens is 360 g/mol. The van der Waals surface area contributed by atoms with E-state index in [2.05, 4.69) is 10.6 Å². The van der Waals surface area contributed by atoms with E-state index in [4.69, 9.17) is 9.47 Å². The van der Waals surface area contributed by atoms with Gasteiger partial charge < -0.3 is 20.1 Å². The van der Waals surface area contributed by atoms with Gasteiger partial charge in [0.05, 0.1) is 0 Å². The van der Waals surface area contributed by atoms with Gasteiger partial charge in [0.15, 0.2) is 0 Å². The highest BCUT2D eigenvalue weighted by Gasteiger charge is 2.35. The first-order valence-electron chi connectivity index (χ1n) is 10.1. The van der Waals surface area contributed by atoms with Gasteiger partial charge in [-0.2, -0.15) is 0 Å². The Hall–Kier alpha value is -2.41. The Morgan fingerprint density at radius 2 is 1.79 bits per heavy atom. The summed E-state index contributed by atoms with van der Waals surface area (Å²) in [4.78, 5) is 37.1. The second kappa shape index (κ2) is 10.2. The van der Waals surface area contributed by atoms with Crippen molar-refractivity contribution in [2.75, 3.05) is 6.54 Å². The van der Waals surface area contributed by atoms with Crippen LogP contribution in [0.25, 0.3) is 0 Å². The van der Waals surface area contributed by atoms with Crippen molar-refractivity contribution >= 4 is 18.0 Å². The van der Waals surface area contributed by atoms with Crippen LogP contribution in [0.15, 0.2) is 30.3 Å². The van der Waals surface area contributed by atoms with Crippen LogP contribution in [0.1, 0.15) is 50.5 Å². The largest absolute Gasteiger partial charge is 0.445 e. The summed E-state index contributed by atoms with van der Waals surface area (Å²) in [5.74, 6) is -1.31. The van der Waals surface area contributed by atoms with E-state index in [0.29, 0.717) is 6.42 Å². The van der Waals surface area contributed by atoms with Gasteiger partial charge in [0, 0.05) is 0 Å². The predicted molar refractivity (Wildman–Crippen MR) is 102 cm³/mol. The zero-order chi connectivity index (χ0) is 19.8. The molecule has 2 atom stereocenters. The van der Waals surface area contributed by atoms with E-state index < -0.39 is 30.1 Å². The summed E-state index contributed by atoms with van der Waals surface area (Å²) in [7, 11) is 0. The van der Waals surface area contributed by atoms with Crippen LogP contribution in [-0.4, -0.2) is 36.7 Å². The Morgan fingerprint density at radius 3 is 2.46 bits per heavy atom. The Morgan fingerprint density at radius 1 is 1.04 bits per heavy atom. The molecule has 0 spiro atoms. The van der Waals surface area contributed by atoms with Crippen molar-refractivity contribution in [1.29, 1.82) is 0 Å². The molecule has 28 heavy (non-hydrogen) atoms. The lowest BCUT2D eigenvalue weighted by atomic mass is 9.84. The molecule has 3 rings (SSSR count). The first-order chi connectivity index (χ1) is 13.6. The topological polar surface area (TPSA) is 93.7 Å². The van der Waals surface area contributed by atoms with E-state index in [0.717, 1.165) is 50.6 Å². The molecule has 2 fully saturated rings. The minimum Gasteiger partial charge on any atom is -0.445 e. The Labute approximate surface area is 165 Å². The van der Waals surface area contributed by atoms with Crippen LogP contribution in [0.4, 0.5) is 4.79 Å². The summed E-state index contributed by atoms with van der Waals surface area (Å²) in [6, 6.07) is 8.01. The molecule has 1 heterocycles. The highest BCUT2D eigenvalue weighted by Crippen LogP contribution is 2.27. The minimum atomic E-state index is -0.867. The van der Waals surface area contributed by atoms with Gasteiger partial charge in [0.1, 0.15) is 18.7 Å². The van der Waals surface area contributed by atoms with Crippen LogP contribution in [0.2, 0.25) is 0 Å². The molecule has 2 aliphatic rings. The van der Waals surface area contributed by atoms with E-state index in [1.807, 2.05) is 30.3 Å². The quantitative estimate of drug-likeness (QED) is 0.575. The molecule has 1 unspecified atom stereocenters. The molecule has 1 saturated carbocycles. The zero-order valence-electron chi connectivity index (χ0n) is 16.0. The van der Waals surface area contributed by atoms with Gasteiger partial charge in [-0.1, -0.05) is 49.6 Å². The number of esters is 2. The number of benzene rings is 1. The third-order valence-electron chi connectivity index (χ3n) is 5.41. The molecule has 1 aromatic carbocycles. The summed E-state index contributed by atoms with van der Waals surface area (Å²) in [6.07, 6.45) is 5.59. The number of hydrogen-bond acceptors (Lipinski definition) is 6. The Kier molecular flexibility index (Phi) is 7.42. The van der Waals surface area contributed by atoms with E-state index >= 15 is 0 Å². The molecule has 1 saturated heterocycles. The first-order valence-corrected chi connectivity index (χ1v) is 10.1. The van der Waals surface area contributed by atoms with Gasteiger partial charge >= 0.3 is 18.0 Å². The number of alkyl carbamates (subject to hydrolysis) is 1. The Bertz CT molecular complexity index is 667. The van der Waals surface area contributed by atoms with E-state index in [1.54, 1.807) is 0 Å². The summed E-state index contributed by atoms with van der Waals surface area (Å²) in [5, 5.41) is 5.67. The third kappa shape index (κ3) is 5.79. The molecule has 7 heteroatoms. The number of nitrogens with one attached hydrogen (secondary N) is 2. The van der Waals surface area contributed by atoms with E-state index in [9.17, 15) is 14.4 Å². The summed E-state index contributed by atoms with van der Waals surface area (Å²) >= 11 is 0. The lowest BCUT2D eigenvalue weighted by molar-refractivity contribution is -0.163. The fraction of sp³-hybridized carbons (Fsp3) is 0.571. The Balaban J connectivity index is 1.58. The predicted octanol–water partition coefficient (Wildman–Crippen LogP) is 2.68. The van der Waals surface area contributed by atoms with Crippen molar-refractivity contribution in [3.63, 3.8) is 0 Å². The van der Waals surface area contributed by atoms with E-state index in [1.165, 1.54) is 0 Å². The highest BCUT2D eigenvalue weighted by molar-refractivity contribution is 5.92. The van der Waals surface area contributed by atoms with Crippen molar-refractivity contribution in [2.45, 2.75) is 63.6 Å². The van der Waals surface area contributed by atoms with Crippen LogP contribution in [-0.2, 0) is 25.7 Å². The molecule has 1 aromatic rings. The molecular formula is C21H28N2O5. The number of rotatable bonds is 6. The number of carbonyl (C=O) groups is 3. The summed E-state index contributed by atoms with van der Waals surface area (Å²) < 4.78 is 10.4. The van der Waals surface area contributed by atoms with Crippen molar-refractivity contribution in [2.24, 2.45) is 5.92 Å². The second-order valence-electron chi connectivity index (χ2n) is 7.47. The van der Waals surface area contributed by atoms with Crippen molar-refractivity contribution in [3.8, 4) is 0 Å². The van der Waals surface area contributed by atoms with Crippen LogP contribution in [0.3, 0.4) is 0 Å². The third-order valence-corrected chi connectivity index (χ3v) is 5.41.